The zero-order chi connectivity index (χ0) is 44.3. The number of carbonyl (C=O) groups excluding carboxylic acids is 4. The van der Waals surface area contributed by atoms with Crippen molar-refractivity contribution in [1.29, 1.82) is 0 Å². The van der Waals surface area contributed by atoms with Crippen LogP contribution < -0.4 is 20.1 Å². The van der Waals surface area contributed by atoms with Crippen molar-refractivity contribution in [2.75, 3.05) is 19.6 Å². The minimum absolute atomic E-state index is 0.0416. The lowest BCUT2D eigenvalue weighted by Gasteiger charge is -2.30. The lowest BCUT2D eigenvalue weighted by atomic mass is 10.0. The van der Waals surface area contributed by atoms with Gasteiger partial charge < -0.3 is 29.6 Å². The maximum Gasteiger partial charge on any atom is 0.416 e. The summed E-state index contributed by atoms with van der Waals surface area (Å²) in [4.78, 5) is 69.2. The molecule has 334 valence electrons. The van der Waals surface area contributed by atoms with Crippen LogP contribution in [0.2, 0.25) is 0 Å². The zero-order valence-electron chi connectivity index (χ0n) is 34.6. The lowest BCUT2D eigenvalue weighted by Crippen LogP contribution is -2.59. The Bertz CT molecular complexity index is 2610. The van der Waals surface area contributed by atoms with E-state index in [2.05, 4.69) is 25.3 Å². The average molecular weight is 892 g/mol. The van der Waals surface area contributed by atoms with Gasteiger partial charge in [0.05, 0.1) is 16.9 Å². The Labute approximate surface area is 361 Å². The molecule has 0 unspecified atom stereocenters. The Hall–Kier alpha value is -5.72. The Morgan fingerprint density at radius 3 is 2.46 bits per heavy atom. The van der Waals surface area contributed by atoms with Crippen LogP contribution in [0.4, 0.5) is 18.0 Å². The smallest absolute Gasteiger partial charge is 0.416 e. The number of rotatable bonds is 7. The van der Waals surface area contributed by atoms with E-state index < -0.39 is 73.9 Å². The molecule has 3 N–H and O–H groups in total. The van der Waals surface area contributed by atoms with Gasteiger partial charge in [0.2, 0.25) is 27.4 Å². The maximum atomic E-state index is 14.8. The van der Waals surface area contributed by atoms with Crippen molar-refractivity contribution in [2.24, 2.45) is 5.92 Å². The van der Waals surface area contributed by atoms with E-state index in [1.54, 1.807) is 36.1 Å². The number of para-hydroxylation sites is 1. The normalized spacial score (nSPS) is 26.9. The number of aromatic nitrogens is 2. The Kier molecular flexibility index (Phi) is 10.9. The minimum Gasteiger partial charge on any atom is -0.470 e. The molecule has 2 aromatic carbocycles. The molecule has 5 heterocycles. The fraction of sp³-hybridized carbons (Fsp3) is 0.500. The van der Waals surface area contributed by atoms with Crippen LogP contribution in [-0.4, -0.2) is 100 Å². The highest BCUT2D eigenvalue weighted by Crippen LogP contribution is 2.48. The minimum atomic E-state index is -4.56. The third-order valence-electron chi connectivity index (χ3n) is 13.1. The van der Waals surface area contributed by atoms with E-state index in [1.807, 2.05) is 12.2 Å². The maximum absolute atomic E-state index is 14.8. The number of nitrogens with one attached hydrogen (secondary N) is 3. The van der Waals surface area contributed by atoms with Gasteiger partial charge in [-0.05, 0) is 82.6 Å². The summed E-state index contributed by atoms with van der Waals surface area (Å²) < 4.78 is 80.8. The van der Waals surface area contributed by atoms with Crippen molar-refractivity contribution in [3.05, 3.63) is 66.2 Å². The Morgan fingerprint density at radius 2 is 1.73 bits per heavy atom. The van der Waals surface area contributed by atoms with E-state index >= 15 is 0 Å². The summed E-state index contributed by atoms with van der Waals surface area (Å²) in [5.41, 5.74) is -1.29. The van der Waals surface area contributed by atoms with Gasteiger partial charge in [-0.2, -0.15) is 18.2 Å². The summed E-state index contributed by atoms with van der Waals surface area (Å²) in [6.07, 6.45) is 3.80. The van der Waals surface area contributed by atoms with Crippen LogP contribution in [0.1, 0.15) is 83.1 Å². The second-order valence-electron chi connectivity index (χ2n) is 17.6. The summed E-state index contributed by atoms with van der Waals surface area (Å²) in [6, 6.07) is 8.75. The highest BCUT2D eigenvalue weighted by Gasteiger charge is 2.63. The molecule has 19 heteroatoms. The van der Waals surface area contributed by atoms with Gasteiger partial charge in [-0.25, -0.2) is 18.2 Å². The molecule has 15 nitrogen and oxygen atoms in total. The van der Waals surface area contributed by atoms with E-state index in [0.29, 0.717) is 61.7 Å². The largest absolute Gasteiger partial charge is 0.470 e. The molecule has 3 aliphatic heterocycles. The van der Waals surface area contributed by atoms with Crippen molar-refractivity contribution in [3.8, 4) is 17.3 Å². The van der Waals surface area contributed by atoms with Gasteiger partial charge in [0, 0.05) is 36.4 Å². The van der Waals surface area contributed by atoms with Crippen LogP contribution in [0, 0.1) is 5.92 Å². The molecule has 2 saturated heterocycles. The molecule has 5 atom stereocenters. The molecule has 5 aliphatic rings. The molecule has 0 radical (unpaired) electrons. The van der Waals surface area contributed by atoms with Gasteiger partial charge >= 0.3 is 12.2 Å². The van der Waals surface area contributed by atoms with Gasteiger partial charge in [0.15, 0.2) is 5.82 Å². The first kappa shape index (κ1) is 42.6. The van der Waals surface area contributed by atoms with Gasteiger partial charge in [-0.3, -0.25) is 19.1 Å². The third-order valence-corrected chi connectivity index (χ3v) is 15.3. The molecule has 2 saturated carbocycles. The number of sulfonamides is 1. The second-order valence-corrected chi connectivity index (χ2v) is 19.8. The average Bonchev–Trinajstić information content (AvgIpc) is 3.88. The Balaban J connectivity index is 1.06. The highest BCUT2D eigenvalue weighted by atomic mass is 32.2. The molecule has 0 bridgehead atoms. The fourth-order valence-electron chi connectivity index (χ4n) is 8.85. The number of nitrogens with zero attached hydrogens (tertiary/aromatic N) is 4. The van der Waals surface area contributed by atoms with Gasteiger partial charge in [-0.1, -0.05) is 49.3 Å². The fourth-order valence-corrected chi connectivity index (χ4v) is 10.2. The second kappa shape index (κ2) is 16.1. The molecule has 4 aromatic rings. The monoisotopic (exact) mass is 891 g/mol. The quantitative estimate of drug-likeness (QED) is 0.186. The number of ether oxygens (including phenoxy) is 1. The zero-order valence-corrected chi connectivity index (χ0v) is 35.4. The van der Waals surface area contributed by atoms with Crippen molar-refractivity contribution in [1.82, 2.24) is 35.1 Å². The number of benzene rings is 2. The highest BCUT2D eigenvalue weighted by molar-refractivity contribution is 7.91. The van der Waals surface area contributed by atoms with Crippen LogP contribution in [-0.2, 0) is 30.6 Å². The van der Waals surface area contributed by atoms with Gasteiger partial charge in [-0.15, -0.1) is 0 Å². The number of hydrogen-bond donors (Lipinski definition) is 3. The third kappa shape index (κ3) is 8.31. The number of urea groups is 1. The number of allylic oxidation sites excluding steroid dienone is 1. The predicted octanol–water partition coefficient (Wildman–Crippen LogP) is 5.98. The first-order chi connectivity index (χ1) is 30.0. The van der Waals surface area contributed by atoms with E-state index in [4.69, 9.17) is 9.15 Å². The molecule has 2 aromatic heterocycles. The molecule has 2 aliphatic carbocycles. The van der Waals surface area contributed by atoms with Gasteiger partial charge in [0.25, 0.3) is 11.8 Å². The van der Waals surface area contributed by atoms with Crippen LogP contribution in [0.15, 0.2) is 65.1 Å². The number of furan rings is 1. The first-order valence-electron chi connectivity index (χ1n) is 21.5. The van der Waals surface area contributed by atoms with E-state index in [9.17, 15) is 40.8 Å². The number of carbonyl (C=O) groups is 4. The summed E-state index contributed by atoms with van der Waals surface area (Å²) in [5.74, 6) is -2.64. The topological polar surface area (TPSA) is 193 Å². The predicted molar refractivity (Wildman–Crippen MR) is 223 cm³/mol. The van der Waals surface area contributed by atoms with Crippen molar-refractivity contribution >= 4 is 55.8 Å². The Morgan fingerprint density at radius 1 is 0.984 bits per heavy atom. The number of likely N-dealkylation sites (tertiary alicyclic amines) is 1. The number of hydrogen-bond acceptors (Lipinski definition) is 10. The first-order valence-corrected chi connectivity index (χ1v) is 23.0. The van der Waals surface area contributed by atoms with E-state index in [-0.39, 0.29) is 48.3 Å². The van der Waals surface area contributed by atoms with Crippen molar-refractivity contribution in [2.45, 2.75) is 112 Å². The van der Waals surface area contributed by atoms with E-state index in [0.717, 1.165) is 37.8 Å². The number of alkyl halides is 3. The SMILES string of the molecule is CC1(S(=O)(=O)NC(=O)[C@@]23C[C@@H]2/C=C\CCCCC[C@H](NC(=O)N2CCCC2)C(=O)N2C[C@H](Oc4nc(-c5ccc(C(F)(F)F)cc5)nc5c4oc4ccccc45)C[C@H]2C(=O)N3)CC1. The molecular weight excluding hydrogens is 844 g/mol. The van der Waals surface area contributed by atoms with Crippen molar-refractivity contribution < 1.29 is 49.9 Å². The lowest BCUT2D eigenvalue weighted by molar-refractivity contribution is -0.141. The summed E-state index contributed by atoms with van der Waals surface area (Å²) in [5, 5.41) is 6.39. The van der Waals surface area contributed by atoms with Crippen LogP contribution in [0.5, 0.6) is 5.88 Å². The molecule has 0 spiro atoms. The van der Waals surface area contributed by atoms with Crippen molar-refractivity contribution in [3.63, 3.8) is 0 Å². The number of amides is 5. The van der Waals surface area contributed by atoms with E-state index in [1.165, 1.54) is 17.0 Å². The summed E-state index contributed by atoms with van der Waals surface area (Å²) in [7, 11) is -4.06. The molecular formula is C44H48F3N7O8S. The van der Waals surface area contributed by atoms with Crippen LogP contribution >= 0.6 is 0 Å². The molecule has 63 heavy (non-hydrogen) atoms. The number of halogens is 3. The standard InChI is InChI=1S/C44H48F3N7O8S/c1-42(19-20-42)63(59,60)52-40(57)43-24-28(43)11-5-3-2-4-6-13-31(48-41(58)53-21-9-10-22-53)39(56)54-25-29(23-32(54)37(55)51-43)61-38-35-34(30-12-7-8-14-33(30)62-35)49-36(50-38)26-15-17-27(18-16-26)44(45,46)47/h5,7-8,11-12,14-18,28-29,31-32H,2-4,6,9-10,13,19-25H2,1H3,(H,48,58)(H,51,55)(H,52,57)/b11-5-/t28-,29+,31-,32-,43+/m0/s1. The van der Waals surface area contributed by atoms with Gasteiger partial charge in [0.1, 0.15) is 34.8 Å². The molecule has 9 rings (SSSR count). The molecule has 5 amide bonds. The molecule has 4 fully saturated rings. The summed E-state index contributed by atoms with van der Waals surface area (Å²) >= 11 is 0. The van der Waals surface area contributed by atoms with Crippen LogP contribution in [0.25, 0.3) is 33.5 Å². The summed E-state index contributed by atoms with van der Waals surface area (Å²) in [6.45, 7) is 2.49. The van der Waals surface area contributed by atoms with Crippen LogP contribution in [0.3, 0.4) is 0 Å². The number of fused-ring (bicyclic) bond motifs is 5.